The van der Waals surface area contributed by atoms with Crippen molar-refractivity contribution in [1.82, 2.24) is 9.55 Å². The summed E-state index contributed by atoms with van der Waals surface area (Å²) in [6.07, 6.45) is 2.59. The molecule has 0 aliphatic carbocycles. The molecule has 0 atom stereocenters. The Morgan fingerprint density at radius 3 is 2.55 bits per heavy atom. The molecule has 0 bridgehead atoms. The van der Waals surface area contributed by atoms with E-state index >= 15 is 0 Å². The van der Waals surface area contributed by atoms with E-state index in [1.165, 1.54) is 23.8 Å². The molecule has 0 saturated heterocycles. The number of hydrogen-bond acceptors (Lipinski definition) is 6. The van der Waals surface area contributed by atoms with Gasteiger partial charge in [-0.3, -0.25) is 4.79 Å². The number of esters is 1. The Kier molecular flexibility index (Phi) is 8.76. The van der Waals surface area contributed by atoms with Gasteiger partial charge in [-0.25, -0.2) is 9.78 Å². The third kappa shape index (κ3) is 6.20. The van der Waals surface area contributed by atoms with E-state index in [-0.39, 0.29) is 18.0 Å². The van der Waals surface area contributed by atoms with Gasteiger partial charge in [0.1, 0.15) is 5.65 Å². The zero-order chi connectivity index (χ0) is 27.1. The number of carbonyl (C=O) groups excluding carboxylic acids is 2. The number of amides is 1. The van der Waals surface area contributed by atoms with E-state index in [4.69, 9.17) is 9.47 Å². The average Bonchev–Trinajstić information content (AvgIpc) is 3.23. The topological polar surface area (TPSA) is 94.5 Å². The summed E-state index contributed by atoms with van der Waals surface area (Å²) in [7, 11) is 2.92. The third-order valence-corrected chi connectivity index (χ3v) is 6.53. The molecule has 2 aromatic carbocycles. The molecule has 0 aliphatic rings. The Bertz CT molecular complexity index is 1430. The molecule has 0 radical (unpaired) electrons. The minimum absolute atomic E-state index is 0.196. The van der Waals surface area contributed by atoms with Gasteiger partial charge in [0, 0.05) is 32.0 Å². The number of aromatic nitrogens is 2. The number of ether oxygens (including phenoxy) is 2. The first-order valence-corrected chi connectivity index (χ1v) is 12.6. The van der Waals surface area contributed by atoms with Crippen LogP contribution >= 0.6 is 0 Å². The maximum atomic E-state index is 13.0. The predicted molar refractivity (Wildman–Crippen MR) is 150 cm³/mol. The number of pyridine rings is 1. The summed E-state index contributed by atoms with van der Waals surface area (Å²) in [6.45, 7) is 5.51. The van der Waals surface area contributed by atoms with Gasteiger partial charge >= 0.3 is 5.97 Å². The SMILES string of the molecule is COCCn1c(C(=O)OC)c(NC(=O)CCc2ccccc2)c2cc(NCc3cc(C)ccc3C)cnc21. The maximum absolute atomic E-state index is 13.0. The lowest BCUT2D eigenvalue weighted by Gasteiger charge is -2.11. The van der Waals surface area contributed by atoms with Gasteiger partial charge in [-0.05, 0) is 43.0 Å². The molecule has 38 heavy (non-hydrogen) atoms. The van der Waals surface area contributed by atoms with E-state index in [1.54, 1.807) is 17.9 Å². The monoisotopic (exact) mass is 514 g/mol. The fourth-order valence-corrected chi connectivity index (χ4v) is 4.45. The largest absolute Gasteiger partial charge is 0.464 e. The number of hydrogen-bond donors (Lipinski definition) is 2. The van der Waals surface area contributed by atoms with E-state index < -0.39 is 5.97 Å². The second-order valence-electron chi connectivity index (χ2n) is 9.27. The molecule has 2 N–H and O–H groups in total. The first-order valence-electron chi connectivity index (χ1n) is 12.6. The van der Waals surface area contributed by atoms with Crippen LogP contribution in [-0.4, -0.2) is 42.3 Å². The van der Waals surface area contributed by atoms with Crippen LogP contribution in [0.2, 0.25) is 0 Å². The van der Waals surface area contributed by atoms with E-state index in [0.717, 1.165) is 11.3 Å². The molecular weight excluding hydrogens is 480 g/mol. The van der Waals surface area contributed by atoms with Crippen molar-refractivity contribution in [2.45, 2.75) is 39.8 Å². The van der Waals surface area contributed by atoms with E-state index in [1.807, 2.05) is 36.4 Å². The van der Waals surface area contributed by atoms with Crippen LogP contribution in [0.25, 0.3) is 11.0 Å². The second kappa shape index (κ2) is 12.4. The predicted octanol–water partition coefficient (Wildman–Crippen LogP) is 5.27. The van der Waals surface area contributed by atoms with Gasteiger partial charge in [0.2, 0.25) is 5.91 Å². The lowest BCUT2D eigenvalue weighted by atomic mass is 10.1. The van der Waals surface area contributed by atoms with Crippen molar-refractivity contribution in [3.63, 3.8) is 0 Å². The van der Waals surface area contributed by atoms with Crippen molar-refractivity contribution >= 4 is 34.3 Å². The highest BCUT2D eigenvalue weighted by Crippen LogP contribution is 2.33. The Labute approximate surface area is 223 Å². The molecule has 0 saturated carbocycles. The standard InChI is InChI=1S/C30H34N4O4/c1-20-10-11-21(2)23(16-20)18-31-24-17-25-27(33-26(35)13-12-22-8-6-5-7-9-22)28(30(36)38-4)34(14-15-37-3)29(25)32-19-24/h5-11,16-17,19,31H,12-15,18H2,1-4H3,(H,33,35). The Hall–Kier alpha value is -4.17. The van der Waals surface area contributed by atoms with Crippen LogP contribution in [0.4, 0.5) is 11.4 Å². The van der Waals surface area contributed by atoms with Gasteiger partial charge < -0.3 is 24.7 Å². The van der Waals surface area contributed by atoms with Crippen LogP contribution in [0.15, 0.2) is 60.8 Å². The molecule has 198 valence electrons. The number of rotatable bonds is 11. The van der Waals surface area contributed by atoms with Gasteiger partial charge in [0.25, 0.3) is 0 Å². The van der Waals surface area contributed by atoms with Crippen LogP contribution < -0.4 is 10.6 Å². The molecule has 8 heteroatoms. The summed E-state index contributed by atoms with van der Waals surface area (Å²) in [5, 5.41) is 7.08. The highest BCUT2D eigenvalue weighted by Gasteiger charge is 2.26. The average molecular weight is 515 g/mol. The summed E-state index contributed by atoms with van der Waals surface area (Å²) in [5.74, 6) is -0.749. The van der Waals surface area contributed by atoms with Crippen LogP contribution in [0.5, 0.6) is 0 Å². The highest BCUT2D eigenvalue weighted by atomic mass is 16.5. The number of nitrogens with zero attached hydrogens (tertiary/aromatic N) is 2. The molecule has 0 aliphatic heterocycles. The molecule has 0 spiro atoms. The van der Waals surface area contributed by atoms with E-state index in [9.17, 15) is 9.59 Å². The summed E-state index contributed by atoms with van der Waals surface area (Å²) in [4.78, 5) is 30.7. The van der Waals surface area contributed by atoms with Gasteiger partial charge in [-0.1, -0.05) is 54.1 Å². The zero-order valence-electron chi connectivity index (χ0n) is 22.3. The zero-order valence-corrected chi connectivity index (χ0v) is 22.3. The first-order chi connectivity index (χ1) is 18.4. The van der Waals surface area contributed by atoms with Crippen molar-refractivity contribution in [3.05, 3.63) is 88.7 Å². The summed E-state index contributed by atoms with van der Waals surface area (Å²) in [5.41, 5.74) is 6.62. The number of benzene rings is 2. The van der Waals surface area contributed by atoms with Crippen molar-refractivity contribution in [2.24, 2.45) is 0 Å². The quantitative estimate of drug-likeness (QED) is 0.265. The number of methoxy groups -OCH3 is 2. The fourth-order valence-electron chi connectivity index (χ4n) is 4.45. The molecule has 4 rings (SSSR count). The fraction of sp³-hybridized carbons (Fsp3) is 0.300. The van der Waals surface area contributed by atoms with Crippen LogP contribution in [0, 0.1) is 13.8 Å². The van der Waals surface area contributed by atoms with Gasteiger partial charge in [0.05, 0.1) is 31.3 Å². The first kappa shape index (κ1) is 26.9. The normalized spacial score (nSPS) is 10.9. The molecule has 0 unspecified atom stereocenters. The molecular formula is C30H34N4O4. The third-order valence-electron chi connectivity index (χ3n) is 6.53. The number of aryl methyl sites for hydroxylation is 3. The molecule has 8 nitrogen and oxygen atoms in total. The lowest BCUT2D eigenvalue weighted by molar-refractivity contribution is -0.116. The number of nitrogens with one attached hydrogen (secondary N) is 2. The van der Waals surface area contributed by atoms with Crippen LogP contribution in [0.3, 0.4) is 0 Å². The highest BCUT2D eigenvalue weighted by molar-refractivity contribution is 6.11. The Morgan fingerprint density at radius 1 is 1.03 bits per heavy atom. The summed E-state index contributed by atoms with van der Waals surface area (Å²) in [6, 6.07) is 18.1. The number of fused-ring (bicyclic) bond motifs is 1. The van der Waals surface area contributed by atoms with E-state index in [0.29, 0.717) is 42.8 Å². The second-order valence-corrected chi connectivity index (χ2v) is 9.27. The van der Waals surface area contributed by atoms with Crippen LogP contribution in [0.1, 0.15) is 39.2 Å². The minimum Gasteiger partial charge on any atom is -0.464 e. The number of anilines is 2. The van der Waals surface area contributed by atoms with Gasteiger partial charge in [-0.15, -0.1) is 0 Å². The van der Waals surface area contributed by atoms with E-state index in [2.05, 4.69) is 47.7 Å². The number of carbonyl (C=O) groups is 2. The maximum Gasteiger partial charge on any atom is 0.356 e. The minimum atomic E-state index is -0.553. The van der Waals surface area contributed by atoms with Crippen LogP contribution in [-0.2, 0) is 33.8 Å². The Morgan fingerprint density at radius 2 is 1.82 bits per heavy atom. The summed E-state index contributed by atoms with van der Waals surface area (Å²) < 4.78 is 12.1. The molecule has 2 aromatic heterocycles. The summed E-state index contributed by atoms with van der Waals surface area (Å²) >= 11 is 0. The lowest BCUT2D eigenvalue weighted by Crippen LogP contribution is -2.18. The van der Waals surface area contributed by atoms with Crippen molar-refractivity contribution in [1.29, 1.82) is 0 Å². The molecule has 0 fully saturated rings. The molecule has 1 amide bonds. The van der Waals surface area contributed by atoms with Gasteiger partial charge in [-0.2, -0.15) is 0 Å². The Balaban J connectivity index is 1.68. The van der Waals surface area contributed by atoms with Crippen molar-refractivity contribution in [2.75, 3.05) is 31.5 Å². The van der Waals surface area contributed by atoms with Gasteiger partial charge in [0.15, 0.2) is 5.69 Å². The molecule has 2 heterocycles. The molecule has 4 aromatic rings. The smallest absolute Gasteiger partial charge is 0.356 e. The van der Waals surface area contributed by atoms with Crippen molar-refractivity contribution < 1.29 is 19.1 Å². The van der Waals surface area contributed by atoms with Crippen molar-refractivity contribution in [3.8, 4) is 0 Å².